The van der Waals surface area contributed by atoms with Crippen molar-refractivity contribution in [1.82, 2.24) is 0 Å². The van der Waals surface area contributed by atoms with E-state index in [1.807, 2.05) is 6.92 Å². The lowest BCUT2D eigenvalue weighted by Crippen LogP contribution is -2.29. The zero-order valence-electron chi connectivity index (χ0n) is 26.7. The fraction of sp³-hybridized carbons (Fsp3) is 0.875. The molecule has 0 amide bonds. The summed E-state index contributed by atoms with van der Waals surface area (Å²) in [7, 11) is -4.34. The van der Waals surface area contributed by atoms with E-state index in [1.54, 1.807) is 0 Å². The molecule has 0 aromatic carbocycles. The van der Waals surface area contributed by atoms with Crippen LogP contribution in [0.5, 0.6) is 0 Å². The van der Waals surface area contributed by atoms with Gasteiger partial charge in [-0.15, -0.1) is 0 Å². The first kappa shape index (κ1) is 40.8. The van der Waals surface area contributed by atoms with Crippen molar-refractivity contribution in [1.29, 1.82) is 0 Å². The molecule has 0 spiro atoms. The van der Waals surface area contributed by atoms with Crippen molar-refractivity contribution in [2.24, 2.45) is 5.73 Å². The van der Waals surface area contributed by atoms with Gasteiger partial charge in [0, 0.05) is 19.4 Å². The smallest absolute Gasteiger partial charge is 0.462 e. The number of phosphoric acid groups is 1. The molecule has 248 valence electrons. The minimum atomic E-state index is -4.34. The minimum Gasteiger partial charge on any atom is -0.462 e. The van der Waals surface area contributed by atoms with Crippen LogP contribution in [0.3, 0.4) is 0 Å². The maximum Gasteiger partial charge on any atom is 0.472 e. The minimum absolute atomic E-state index is 0.0542. The molecular formula is C32H62NO8P. The van der Waals surface area contributed by atoms with E-state index >= 15 is 0 Å². The van der Waals surface area contributed by atoms with Gasteiger partial charge in [-0.1, -0.05) is 109 Å². The molecule has 0 aromatic rings. The molecule has 0 rings (SSSR count). The highest BCUT2D eigenvalue weighted by Crippen LogP contribution is 2.43. The average Bonchev–Trinajstić information content (AvgIpc) is 2.97. The number of rotatable bonds is 31. The molecule has 42 heavy (non-hydrogen) atoms. The Hall–Kier alpha value is -1.25. The van der Waals surface area contributed by atoms with Crippen LogP contribution in [0.15, 0.2) is 12.2 Å². The van der Waals surface area contributed by atoms with Gasteiger partial charge in [-0.3, -0.25) is 18.6 Å². The van der Waals surface area contributed by atoms with E-state index in [0.29, 0.717) is 12.8 Å². The lowest BCUT2D eigenvalue weighted by molar-refractivity contribution is -0.161. The second-order valence-electron chi connectivity index (χ2n) is 11.0. The molecule has 0 aliphatic rings. The number of carbonyl (C=O) groups excluding carboxylic acids is 2. The number of allylic oxidation sites excluding steroid dienone is 2. The molecule has 3 N–H and O–H groups in total. The average molecular weight is 620 g/mol. The monoisotopic (exact) mass is 619 g/mol. The van der Waals surface area contributed by atoms with Crippen LogP contribution >= 0.6 is 7.82 Å². The van der Waals surface area contributed by atoms with Crippen LogP contribution < -0.4 is 5.73 Å². The molecule has 10 heteroatoms. The molecule has 0 saturated carbocycles. The maximum absolute atomic E-state index is 12.3. The highest BCUT2D eigenvalue weighted by atomic mass is 31.2. The topological polar surface area (TPSA) is 134 Å². The van der Waals surface area contributed by atoms with E-state index in [4.69, 9.17) is 24.3 Å². The lowest BCUT2D eigenvalue weighted by atomic mass is 10.1. The number of esters is 2. The highest BCUT2D eigenvalue weighted by molar-refractivity contribution is 7.47. The Bertz CT molecular complexity index is 719. The Kier molecular flexibility index (Phi) is 28.9. The largest absolute Gasteiger partial charge is 0.472 e. The fourth-order valence-corrected chi connectivity index (χ4v) is 5.14. The Morgan fingerprint density at radius 3 is 1.74 bits per heavy atom. The number of carbonyl (C=O) groups is 2. The summed E-state index contributed by atoms with van der Waals surface area (Å²) in [4.78, 5) is 33.9. The van der Waals surface area contributed by atoms with Crippen LogP contribution in [0.25, 0.3) is 0 Å². The first-order chi connectivity index (χ1) is 20.3. The van der Waals surface area contributed by atoms with E-state index in [2.05, 4.69) is 19.1 Å². The SMILES string of the molecule is CCCCCCCC/C=C\CCCCCCCCCCCC(=O)OC(COC(=O)CCCC)COP(=O)(O)OCCN. The summed E-state index contributed by atoms with van der Waals surface area (Å²) in [6, 6.07) is 0. The molecule has 9 nitrogen and oxygen atoms in total. The summed E-state index contributed by atoms with van der Waals surface area (Å²) >= 11 is 0. The number of nitrogens with two attached hydrogens (primary N) is 1. The van der Waals surface area contributed by atoms with Gasteiger partial charge in [-0.25, -0.2) is 4.57 Å². The molecule has 0 bridgehead atoms. The van der Waals surface area contributed by atoms with Crippen molar-refractivity contribution in [2.45, 2.75) is 155 Å². The number of ether oxygens (including phenoxy) is 2. The van der Waals surface area contributed by atoms with Crippen LogP contribution in [0.2, 0.25) is 0 Å². The van der Waals surface area contributed by atoms with Crippen molar-refractivity contribution in [2.75, 3.05) is 26.4 Å². The number of hydrogen-bond donors (Lipinski definition) is 2. The second kappa shape index (κ2) is 29.8. The van der Waals surface area contributed by atoms with Gasteiger partial charge in [0.25, 0.3) is 0 Å². The normalized spacial score (nSPS) is 13.7. The Balaban J connectivity index is 3.95. The summed E-state index contributed by atoms with van der Waals surface area (Å²) < 4.78 is 32.1. The quantitative estimate of drug-likeness (QED) is 0.0340. The van der Waals surface area contributed by atoms with E-state index < -0.39 is 32.5 Å². The van der Waals surface area contributed by atoms with Gasteiger partial charge in [0.2, 0.25) is 0 Å². The zero-order valence-corrected chi connectivity index (χ0v) is 27.6. The Labute approximate surface area is 256 Å². The Morgan fingerprint density at radius 1 is 0.690 bits per heavy atom. The van der Waals surface area contributed by atoms with Crippen LogP contribution in [0.4, 0.5) is 0 Å². The third kappa shape index (κ3) is 28.9. The van der Waals surface area contributed by atoms with Crippen molar-refractivity contribution in [3.05, 3.63) is 12.2 Å². The van der Waals surface area contributed by atoms with Crippen LogP contribution in [-0.2, 0) is 32.7 Å². The van der Waals surface area contributed by atoms with Crippen molar-refractivity contribution >= 4 is 19.8 Å². The van der Waals surface area contributed by atoms with E-state index in [0.717, 1.165) is 25.7 Å². The van der Waals surface area contributed by atoms with Crippen LogP contribution in [-0.4, -0.2) is 49.3 Å². The summed E-state index contributed by atoms with van der Waals surface area (Å²) in [5.41, 5.74) is 5.28. The summed E-state index contributed by atoms with van der Waals surface area (Å²) in [6.07, 6.45) is 26.5. The standard InChI is InChI=1S/C32H62NO8P/c1-3-5-7-8-9-10-11-12-13-14-15-16-17-18-19-20-21-22-23-25-32(35)41-30(28-38-31(34)24-6-4-2)29-40-42(36,37)39-27-26-33/h12-13,30H,3-11,14-29,33H2,1-2H3,(H,36,37)/b13-12-. The van der Waals surface area contributed by atoms with Crippen molar-refractivity contribution < 1.29 is 37.6 Å². The summed E-state index contributed by atoms with van der Waals surface area (Å²) in [5.74, 6) is -0.870. The molecule has 0 radical (unpaired) electrons. The van der Waals surface area contributed by atoms with Crippen LogP contribution in [0, 0.1) is 0 Å². The molecule has 0 saturated heterocycles. The highest BCUT2D eigenvalue weighted by Gasteiger charge is 2.25. The van der Waals surface area contributed by atoms with E-state index in [-0.39, 0.29) is 32.6 Å². The fourth-order valence-electron chi connectivity index (χ4n) is 4.37. The van der Waals surface area contributed by atoms with Crippen LogP contribution in [0.1, 0.15) is 149 Å². The molecule has 0 aliphatic heterocycles. The van der Waals surface area contributed by atoms with Gasteiger partial charge >= 0.3 is 19.8 Å². The molecule has 0 aromatic heterocycles. The van der Waals surface area contributed by atoms with Gasteiger partial charge < -0.3 is 20.1 Å². The van der Waals surface area contributed by atoms with Gasteiger partial charge in [0.05, 0.1) is 13.2 Å². The first-order valence-corrected chi connectivity index (χ1v) is 18.2. The Morgan fingerprint density at radius 2 is 1.19 bits per heavy atom. The van der Waals surface area contributed by atoms with E-state index in [1.165, 1.54) is 83.5 Å². The molecule has 0 heterocycles. The molecule has 0 fully saturated rings. The first-order valence-electron chi connectivity index (χ1n) is 16.7. The van der Waals surface area contributed by atoms with Gasteiger partial charge in [-0.05, 0) is 38.5 Å². The zero-order chi connectivity index (χ0) is 31.2. The third-order valence-corrected chi connectivity index (χ3v) is 7.89. The predicted molar refractivity (Wildman–Crippen MR) is 169 cm³/mol. The van der Waals surface area contributed by atoms with E-state index in [9.17, 15) is 19.0 Å². The molecule has 2 atom stereocenters. The molecular weight excluding hydrogens is 557 g/mol. The molecule has 0 aliphatic carbocycles. The number of hydrogen-bond acceptors (Lipinski definition) is 8. The van der Waals surface area contributed by atoms with Gasteiger partial charge in [0.1, 0.15) is 6.61 Å². The van der Waals surface area contributed by atoms with Crippen molar-refractivity contribution in [3.63, 3.8) is 0 Å². The number of unbranched alkanes of at least 4 members (excludes halogenated alkanes) is 16. The second-order valence-corrected chi connectivity index (χ2v) is 12.5. The van der Waals surface area contributed by atoms with Gasteiger partial charge in [-0.2, -0.15) is 0 Å². The van der Waals surface area contributed by atoms with Gasteiger partial charge in [0.15, 0.2) is 6.10 Å². The third-order valence-electron chi connectivity index (χ3n) is 6.90. The predicted octanol–water partition coefficient (Wildman–Crippen LogP) is 8.32. The number of phosphoric ester groups is 1. The van der Waals surface area contributed by atoms with Crippen molar-refractivity contribution in [3.8, 4) is 0 Å². The summed E-state index contributed by atoms with van der Waals surface area (Å²) in [6.45, 7) is 3.44. The maximum atomic E-state index is 12.3. The lowest BCUT2D eigenvalue weighted by Gasteiger charge is -2.19. The summed E-state index contributed by atoms with van der Waals surface area (Å²) in [5, 5.41) is 0. The molecule has 2 unspecified atom stereocenters.